The molecule has 1 amide bonds. The highest BCUT2D eigenvalue weighted by Gasteiger charge is 2.28. The topological polar surface area (TPSA) is 69.2 Å². The maximum atomic E-state index is 12.0. The third-order valence-corrected chi connectivity index (χ3v) is 5.08. The van der Waals surface area contributed by atoms with Crippen molar-refractivity contribution in [2.24, 2.45) is 4.99 Å². The van der Waals surface area contributed by atoms with Gasteiger partial charge in [-0.1, -0.05) is 30.3 Å². The fourth-order valence-corrected chi connectivity index (χ4v) is 3.05. The average Bonchev–Trinajstić information content (AvgIpc) is 2.70. The molecule has 1 fully saturated rings. The van der Waals surface area contributed by atoms with Gasteiger partial charge in [0, 0.05) is 39.3 Å². The third kappa shape index (κ3) is 8.47. The number of rotatable bonds is 7. The van der Waals surface area contributed by atoms with Gasteiger partial charge < -0.3 is 20.3 Å². The molecule has 2 N–H and O–H groups in total. The number of carbonyl (C=O) groups excluding carboxylic acids is 1. The maximum absolute atomic E-state index is 12.0. The predicted molar refractivity (Wildman–Crippen MR) is 129 cm³/mol. The minimum Gasteiger partial charge on any atom is -0.379 e. The number of hydrogen-bond acceptors (Lipinski definition) is 4. The molecular weight excluding hydrogens is 481 g/mol. The van der Waals surface area contributed by atoms with E-state index in [0.29, 0.717) is 5.96 Å². The minimum absolute atomic E-state index is 0. The smallest absolute Gasteiger partial charge is 0.243 e. The highest BCUT2D eigenvalue weighted by atomic mass is 127. The van der Waals surface area contributed by atoms with Crippen molar-refractivity contribution < 1.29 is 9.53 Å². The molecule has 0 spiro atoms. The number of nitrogens with zero attached hydrogens (tertiary/aromatic N) is 3. The van der Waals surface area contributed by atoms with Gasteiger partial charge in [0.25, 0.3) is 0 Å². The molecule has 1 heterocycles. The monoisotopic (exact) mass is 517 g/mol. The van der Waals surface area contributed by atoms with E-state index in [1.165, 1.54) is 5.56 Å². The van der Waals surface area contributed by atoms with Crippen LogP contribution in [0.2, 0.25) is 0 Å². The van der Waals surface area contributed by atoms with Crippen LogP contribution in [0.4, 0.5) is 0 Å². The molecule has 1 aromatic carbocycles. The second-order valence-electron chi connectivity index (χ2n) is 8.00. The summed E-state index contributed by atoms with van der Waals surface area (Å²) in [5, 5.41) is 6.87. The van der Waals surface area contributed by atoms with Crippen LogP contribution in [0.25, 0.3) is 0 Å². The molecule has 1 atom stereocenters. The number of aliphatic imine (C=N–C) groups is 1. The van der Waals surface area contributed by atoms with E-state index < -0.39 is 0 Å². The van der Waals surface area contributed by atoms with Gasteiger partial charge in [-0.15, -0.1) is 24.0 Å². The number of halogens is 1. The summed E-state index contributed by atoms with van der Waals surface area (Å²) in [6.45, 7) is 10.7. The lowest BCUT2D eigenvalue weighted by Crippen LogP contribution is -2.56. The Morgan fingerprint density at radius 1 is 1.24 bits per heavy atom. The van der Waals surface area contributed by atoms with E-state index >= 15 is 0 Å². The van der Waals surface area contributed by atoms with Crippen LogP contribution >= 0.6 is 24.0 Å². The van der Waals surface area contributed by atoms with Gasteiger partial charge in [-0.3, -0.25) is 9.69 Å². The van der Waals surface area contributed by atoms with E-state index in [9.17, 15) is 4.79 Å². The van der Waals surface area contributed by atoms with Gasteiger partial charge in [0.15, 0.2) is 5.96 Å². The molecule has 2 rings (SSSR count). The lowest BCUT2D eigenvalue weighted by Gasteiger charge is -2.41. The lowest BCUT2D eigenvalue weighted by atomic mass is 10.0. The minimum atomic E-state index is -0.0478. The quantitative estimate of drug-likeness (QED) is 0.330. The molecule has 1 saturated heterocycles. The first-order valence-electron chi connectivity index (χ1n) is 9.92. The number of hydrogen-bond donors (Lipinski definition) is 2. The van der Waals surface area contributed by atoms with Gasteiger partial charge in [-0.25, -0.2) is 4.99 Å². The molecule has 1 unspecified atom stereocenters. The van der Waals surface area contributed by atoms with Gasteiger partial charge in [-0.05, 0) is 26.3 Å². The van der Waals surface area contributed by atoms with Crippen LogP contribution in [0.5, 0.6) is 0 Å². The highest BCUT2D eigenvalue weighted by Crippen LogP contribution is 2.15. The third-order valence-electron chi connectivity index (χ3n) is 5.08. The van der Waals surface area contributed by atoms with Crippen LogP contribution in [0.3, 0.4) is 0 Å². The molecule has 8 heteroatoms. The molecule has 164 valence electrons. The number of amides is 1. The van der Waals surface area contributed by atoms with E-state index in [4.69, 9.17) is 4.74 Å². The zero-order valence-electron chi connectivity index (χ0n) is 18.3. The summed E-state index contributed by atoms with van der Waals surface area (Å²) in [7, 11) is 3.49. The van der Waals surface area contributed by atoms with Crippen molar-refractivity contribution >= 4 is 35.8 Å². The average molecular weight is 517 g/mol. The van der Waals surface area contributed by atoms with Crippen molar-refractivity contribution in [2.75, 3.05) is 53.5 Å². The number of nitrogens with one attached hydrogen (secondary N) is 2. The van der Waals surface area contributed by atoms with Gasteiger partial charge in [0.2, 0.25) is 5.91 Å². The Labute approximate surface area is 192 Å². The number of benzene rings is 1. The Morgan fingerprint density at radius 3 is 2.45 bits per heavy atom. The summed E-state index contributed by atoms with van der Waals surface area (Å²) in [6.07, 6.45) is 0. The molecule has 1 aliphatic rings. The van der Waals surface area contributed by atoms with Crippen LogP contribution in [0, 0.1) is 0 Å². The van der Waals surface area contributed by atoms with Crippen LogP contribution in [-0.2, 0) is 9.53 Å². The summed E-state index contributed by atoms with van der Waals surface area (Å²) in [6, 6.07) is 10.3. The van der Waals surface area contributed by atoms with E-state index in [2.05, 4.69) is 53.4 Å². The van der Waals surface area contributed by atoms with Gasteiger partial charge in [-0.2, -0.15) is 0 Å². The number of guanidine groups is 1. The molecule has 29 heavy (non-hydrogen) atoms. The predicted octanol–water partition coefficient (Wildman–Crippen LogP) is 2.10. The zero-order chi connectivity index (χ0) is 20.6. The van der Waals surface area contributed by atoms with E-state index in [-0.39, 0.29) is 48.0 Å². The van der Waals surface area contributed by atoms with Crippen molar-refractivity contribution in [3.63, 3.8) is 0 Å². The summed E-state index contributed by atoms with van der Waals surface area (Å²) < 4.78 is 5.47. The standard InChI is InChI=1S/C21H35N5O2.HI/c1-17(18-9-7-6-8-10-18)24-20(22-15-19(27)25(4)5)23-16-21(2,3)26-11-13-28-14-12-26;/h6-10,17H,11-16H2,1-5H3,(H2,22,23,24);1H. The van der Waals surface area contributed by atoms with Crippen LogP contribution in [0.1, 0.15) is 32.4 Å². The molecule has 0 saturated carbocycles. The Kier molecular flexibility index (Phi) is 10.9. The van der Waals surface area contributed by atoms with Crippen molar-refractivity contribution in [3.05, 3.63) is 35.9 Å². The first-order chi connectivity index (χ1) is 13.3. The molecule has 0 aliphatic carbocycles. The molecule has 1 aliphatic heterocycles. The molecule has 0 aromatic heterocycles. The zero-order valence-corrected chi connectivity index (χ0v) is 20.6. The van der Waals surface area contributed by atoms with Crippen molar-refractivity contribution in [1.29, 1.82) is 0 Å². The van der Waals surface area contributed by atoms with Crippen LogP contribution < -0.4 is 10.6 Å². The summed E-state index contributed by atoms with van der Waals surface area (Å²) in [5.41, 5.74) is 1.12. The van der Waals surface area contributed by atoms with Crippen LogP contribution in [-0.4, -0.2) is 80.7 Å². The normalized spacial score (nSPS) is 16.5. The second-order valence-corrected chi connectivity index (χ2v) is 8.00. The summed E-state index contributed by atoms with van der Waals surface area (Å²) in [5.74, 6) is 0.619. The first-order valence-corrected chi connectivity index (χ1v) is 9.92. The number of morpholine rings is 1. The van der Waals surface area contributed by atoms with E-state index in [0.717, 1.165) is 32.8 Å². The maximum Gasteiger partial charge on any atom is 0.243 e. The second kappa shape index (κ2) is 12.3. The molecule has 7 nitrogen and oxygen atoms in total. The highest BCUT2D eigenvalue weighted by molar-refractivity contribution is 14.0. The molecule has 0 bridgehead atoms. The van der Waals surface area contributed by atoms with Crippen LogP contribution in [0.15, 0.2) is 35.3 Å². The van der Waals surface area contributed by atoms with Crippen molar-refractivity contribution in [2.45, 2.75) is 32.4 Å². The van der Waals surface area contributed by atoms with Gasteiger partial charge >= 0.3 is 0 Å². The molecular formula is C21H36IN5O2. The largest absolute Gasteiger partial charge is 0.379 e. The number of carbonyl (C=O) groups is 1. The van der Waals surface area contributed by atoms with Gasteiger partial charge in [0.1, 0.15) is 6.54 Å². The van der Waals surface area contributed by atoms with E-state index in [1.54, 1.807) is 19.0 Å². The van der Waals surface area contributed by atoms with Gasteiger partial charge in [0.05, 0.1) is 19.3 Å². The number of ether oxygens (including phenoxy) is 1. The first kappa shape index (κ1) is 25.6. The Hall–Kier alpha value is -1.39. The SMILES string of the molecule is CC(NC(=NCC(=O)N(C)C)NCC(C)(C)N1CCOCC1)c1ccccc1.I. The Bertz CT molecular complexity index is 646. The lowest BCUT2D eigenvalue weighted by molar-refractivity contribution is -0.127. The Morgan fingerprint density at radius 2 is 1.86 bits per heavy atom. The summed E-state index contributed by atoms with van der Waals surface area (Å²) >= 11 is 0. The summed E-state index contributed by atoms with van der Waals surface area (Å²) in [4.78, 5) is 20.5. The molecule has 1 aromatic rings. The fourth-order valence-electron chi connectivity index (χ4n) is 3.05. The van der Waals surface area contributed by atoms with E-state index in [1.807, 2.05) is 18.2 Å². The fraction of sp³-hybridized carbons (Fsp3) is 0.619. The van der Waals surface area contributed by atoms with Crippen molar-refractivity contribution in [3.8, 4) is 0 Å². The number of likely N-dealkylation sites (N-methyl/N-ethyl adjacent to an activating group) is 1. The molecule has 0 radical (unpaired) electrons. The Balaban J connectivity index is 0.00000420. The van der Waals surface area contributed by atoms with Crippen molar-refractivity contribution in [1.82, 2.24) is 20.4 Å².